The van der Waals surface area contributed by atoms with Crippen LogP contribution in [-0.4, -0.2) is 21.3 Å². The number of aliphatic carboxylic acids is 1. The van der Waals surface area contributed by atoms with Crippen molar-refractivity contribution < 1.29 is 20.1 Å². The molecular formula is C9H8O4. The lowest BCUT2D eigenvalue weighted by atomic mass is 10.2. The Balaban J connectivity index is 3.04. The molecule has 4 nitrogen and oxygen atoms in total. The van der Waals surface area contributed by atoms with Gasteiger partial charge in [-0.05, 0) is 12.1 Å². The van der Waals surface area contributed by atoms with Crippen LogP contribution < -0.4 is 0 Å². The van der Waals surface area contributed by atoms with Gasteiger partial charge in [-0.2, -0.15) is 0 Å². The Morgan fingerprint density at radius 3 is 2.38 bits per heavy atom. The molecular weight excluding hydrogens is 172 g/mol. The van der Waals surface area contributed by atoms with Crippen LogP contribution >= 0.6 is 0 Å². The molecule has 0 heterocycles. The Labute approximate surface area is 74.4 Å². The standard InChI is InChI=1S/C9H8O4/c10-7-4-2-1-3-6(7)5-8(11)9(12)13/h1-5,10-11H,(H,12,13)/b8-5-. The largest absolute Gasteiger partial charge is 0.507 e. The van der Waals surface area contributed by atoms with Crippen LogP contribution in [0.3, 0.4) is 0 Å². The number of aromatic hydroxyl groups is 1. The highest BCUT2D eigenvalue weighted by Crippen LogP contribution is 2.18. The fourth-order valence-electron chi connectivity index (χ4n) is 0.819. The number of rotatable bonds is 2. The van der Waals surface area contributed by atoms with Gasteiger partial charge in [0, 0.05) is 5.56 Å². The van der Waals surface area contributed by atoms with Gasteiger partial charge in [0.2, 0.25) is 5.76 Å². The molecule has 13 heavy (non-hydrogen) atoms. The normalized spacial score (nSPS) is 11.2. The Morgan fingerprint density at radius 1 is 1.23 bits per heavy atom. The van der Waals surface area contributed by atoms with Gasteiger partial charge in [-0.1, -0.05) is 18.2 Å². The van der Waals surface area contributed by atoms with Gasteiger partial charge in [-0.25, -0.2) is 4.79 Å². The van der Waals surface area contributed by atoms with Gasteiger partial charge in [0.05, 0.1) is 0 Å². The second-order valence-corrected chi connectivity index (χ2v) is 2.39. The van der Waals surface area contributed by atoms with Gasteiger partial charge in [0.1, 0.15) is 5.75 Å². The van der Waals surface area contributed by atoms with E-state index >= 15 is 0 Å². The summed E-state index contributed by atoms with van der Waals surface area (Å²) in [5.41, 5.74) is 0.266. The second-order valence-electron chi connectivity index (χ2n) is 2.39. The van der Waals surface area contributed by atoms with Crippen molar-refractivity contribution in [1.29, 1.82) is 0 Å². The van der Waals surface area contributed by atoms with Crippen LogP contribution in [0.1, 0.15) is 5.56 Å². The quantitative estimate of drug-likeness (QED) is 0.474. The van der Waals surface area contributed by atoms with E-state index in [1.54, 1.807) is 12.1 Å². The monoisotopic (exact) mass is 180 g/mol. The first-order chi connectivity index (χ1) is 6.11. The van der Waals surface area contributed by atoms with E-state index in [2.05, 4.69) is 0 Å². The van der Waals surface area contributed by atoms with E-state index in [1.807, 2.05) is 0 Å². The first-order valence-corrected chi connectivity index (χ1v) is 3.53. The van der Waals surface area contributed by atoms with Gasteiger partial charge < -0.3 is 15.3 Å². The number of carboxylic acid groups (broad SMARTS) is 1. The third kappa shape index (κ3) is 2.23. The maximum Gasteiger partial charge on any atom is 0.370 e. The Bertz CT molecular complexity index is 354. The molecule has 0 fully saturated rings. The Hall–Kier alpha value is -1.97. The van der Waals surface area contributed by atoms with Crippen molar-refractivity contribution in [2.75, 3.05) is 0 Å². The molecule has 1 aromatic rings. The number of phenols is 1. The zero-order valence-corrected chi connectivity index (χ0v) is 6.64. The summed E-state index contributed by atoms with van der Waals surface area (Å²) in [6.45, 7) is 0. The average Bonchev–Trinajstić information content (AvgIpc) is 2.08. The molecule has 0 atom stereocenters. The van der Waals surface area contributed by atoms with Crippen molar-refractivity contribution in [2.45, 2.75) is 0 Å². The molecule has 0 saturated carbocycles. The molecule has 4 heteroatoms. The van der Waals surface area contributed by atoms with Crippen LogP contribution in [-0.2, 0) is 4.79 Å². The zero-order valence-electron chi connectivity index (χ0n) is 6.64. The van der Waals surface area contributed by atoms with Gasteiger partial charge in [0.25, 0.3) is 0 Å². The summed E-state index contributed by atoms with van der Waals surface area (Å²) in [4.78, 5) is 10.2. The van der Waals surface area contributed by atoms with Crippen LogP contribution in [0.25, 0.3) is 6.08 Å². The van der Waals surface area contributed by atoms with Crippen LogP contribution in [0.2, 0.25) is 0 Å². The SMILES string of the molecule is O=C(O)/C(O)=C/c1ccccc1O. The highest BCUT2D eigenvalue weighted by Gasteiger charge is 2.04. The summed E-state index contributed by atoms with van der Waals surface area (Å²) >= 11 is 0. The van der Waals surface area contributed by atoms with Crippen molar-refractivity contribution in [3.63, 3.8) is 0 Å². The number of hydrogen-bond acceptors (Lipinski definition) is 3. The van der Waals surface area contributed by atoms with E-state index in [1.165, 1.54) is 12.1 Å². The first kappa shape index (κ1) is 9.12. The Kier molecular flexibility index (Phi) is 2.54. The summed E-state index contributed by atoms with van der Waals surface area (Å²) in [5, 5.41) is 26.4. The molecule has 0 saturated heterocycles. The van der Waals surface area contributed by atoms with Crippen molar-refractivity contribution in [3.8, 4) is 5.75 Å². The lowest BCUT2D eigenvalue weighted by Crippen LogP contribution is -1.98. The summed E-state index contributed by atoms with van der Waals surface area (Å²) in [5.74, 6) is -2.31. The minimum absolute atomic E-state index is 0.0738. The number of hydrogen-bond donors (Lipinski definition) is 3. The van der Waals surface area contributed by atoms with Gasteiger partial charge in [-0.3, -0.25) is 0 Å². The highest BCUT2D eigenvalue weighted by atomic mass is 16.4. The topological polar surface area (TPSA) is 77.8 Å². The number of benzene rings is 1. The molecule has 1 aromatic carbocycles. The number of para-hydroxylation sites is 1. The molecule has 0 aliphatic rings. The molecule has 0 aliphatic carbocycles. The molecule has 0 aromatic heterocycles. The predicted molar refractivity (Wildman–Crippen MR) is 46.3 cm³/mol. The number of aliphatic hydroxyl groups excluding tert-OH is 1. The van der Waals surface area contributed by atoms with E-state index in [0.29, 0.717) is 0 Å². The summed E-state index contributed by atoms with van der Waals surface area (Å²) < 4.78 is 0. The summed E-state index contributed by atoms with van der Waals surface area (Å²) in [6, 6.07) is 6.13. The summed E-state index contributed by atoms with van der Waals surface area (Å²) in [6.07, 6.45) is 0.984. The fourth-order valence-corrected chi connectivity index (χ4v) is 0.819. The van der Waals surface area contributed by atoms with Gasteiger partial charge in [0.15, 0.2) is 0 Å². The second kappa shape index (κ2) is 3.62. The average molecular weight is 180 g/mol. The first-order valence-electron chi connectivity index (χ1n) is 3.53. The third-order valence-electron chi connectivity index (χ3n) is 1.45. The van der Waals surface area contributed by atoms with Crippen molar-refractivity contribution in [1.82, 2.24) is 0 Å². The van der Waals surface area contributed by atoms with E-state index < -0.39 is 11.7 Å². The fraction of sp³-hybridized carbons (Fsp3) is 0. The van der Waals surface area contributed by atoms with E-state index in [-0.39, 0.29) is 11.3 Å². The molecule has 0 radical (unpaired) electrons. The third-order valence-corrected chi connectivity index (χ3v) is 1.45. The number of carboxylic acids is 1. The molecule has 3 N–H and O–H groups in total. The van der Waals surface area contributed by atoms with Crippen LogP contribution in [0.5, 0.6) is 5.75 Å². The minimum atomic E-state index is -1.43. The van der Waals surface area contributed by atoms with Gasteiger partial charge >= 0.3 is 5.97 Å². The maximum absolute atomic E-state index is 10.2. The molecule has 0 amide bonds. The number of carbonyl (C=O) groups is 1. The van der Waals surface area contributed by atoms with Crippen molar-refractivity contribution in [2.24, 2.45) is 0 Å². The number of aliphatic hydroxyl groups is 1. The lowest BCUT2D eigenvalue weighted by molar-refractivity contribution is -0.135. The molecule has 1 rings (SSSR count). The maximum atomic E-state index is 10.2. The molecule has 0 bridgehead atoms. The van der Waals surface area contributed by atoms with E-state index in [0.717, 1.165) is 6.08 Å². The predicted octanol–water partition coefficient (Wildman–Crippen LogP) is 1.38. The lowest BCUT2D eigenvalue weighted by Gasteiger charge is -1.97. The molecule has 68 valence electrons. The Morgan fingerprint density at radius 2 is 1.85 bits per heavy atom. The highest BCUT2D eigenvalue weighted by molar-refractivity contribution is 5.89. The van der Waals surface area contributed by atoms with E-state index in [4.69, 9.17) is 10.2 Å². The van der Waals surface area contributed by atoms with Crippen LogP contribution in [0.4, 0.5) is 0 Å². The van der Waals surface area contributed by atoms with Crippen molar-refractivity contribution >= 4 is 12.0 Å². The summed E-state index contributed by atoms with van der Waals surface area (Å²) in [7, 11) is 0. The zero-order chi connectivity index (χ0) is 9.84. The van der Waals surface area contributed by atoms with Gasteiger partial charge in [-0.15, -0.1) is 0 Å². The van der Waals surface area contributed by atoms with Crippen molar-refractivity contribution in [3.05, 3.63) is 35.6 Å². The van der Waals surface area contributed by atoms with Crippen LogP contribution in [0, 0.1) is 0 Å². The molecule has 0 spiro atoms. The van der Waals surface area contributed by atoms with E-state index in [9.17, 15) is 9.90 Å². The van der Waals surface area contributed by atoms with Crippen LogP contribution in [0.15, 0.2) is 30.0 Å². The molecule has 0 aliphatic heterocycles. The molecule has 0 unspecified atom stereocenters. The number of phenolic OH excluding ortho intramolecular Hbond substituents is 1. The smallest absolute Gasteiger partial charge is 0.370 e. The minimum Gasteiger partial charge on any atom is -0.507 e.